The van der Waals surface area contributed by atoms with Gasteiger partial charge in [-0.15, -0.1) is 23.5 Å². The lowest BCUT2D eigenvalue weighted by atomic mass is 9.93. The van der Waals surface area contributed by atoms with E-state index in [1.165, 1.54) is 0 Å². The van der Waals surface area contributed by atoms with E-state index in [1.807, 2.05) is 27.7 Å². The van der Waals surface area contributed by atoms with Crippen molar-refractivity contribution in [3.8, 4) is 11.8 Å². The van der Waals surface area contributed by atoms with Crippen molar-refractivity contribution >= 4 is 23.5 Å². The average Bonchev–Trinajstić information content (AvgIpc) is 3.49. The second kappa shape index (κ2) is 11.7. The summed E-state index contributed by atoms with van der Waals surface area (Å²) < 4.78 is 3.08. The number of unbranched alkanes of at least 4 members (excludes halogenated alkanes) is 2. The Morgan fingerprint density at radius 3 is 1.55 bits per heavy atom. The Morgan fingerprint density at radius 1 is 0.763 bits per heavy atom. The van der Waals surface area contributed by atoms with Crippen LogP contribution >= 0.6 is 23.5 Å². The number of aromatic hydroxyl groups is 2. The van der Waals surface area contributed by atoms with Crippen LogP contribution < -0.4 is 11.1 Å². The molecule has 0 aliphatic carbocycles. The van der Waals surface area contributed by atoms with Gasteiger partial charge in [0.1, 0.15) is 0 Å². The quantitative estimate of drug-likeness (QED) is 0.299. The number of nitrogens with zero attached hydrogens (tertiary/aromatic N) is 2. The number of rotatable bonds is 12. The zero-order valence-corrected chi connectivity index (χ0v) is 24.7. The Morgan fingerprint density at radius 2 is 1.16 bits per heavy atom. The van der Waals surface area contributed by atoms with E-state index in [1.54, 1.807) is 44.8 Å². The Kier molecular flexibility index (Phi) is 8.99. The van der Waals surface area contributed by atoms with E-state index in [4.69, 9.17) is 0 Å². The molecule has 0 aromatic carbocycles. The van der Waals surface area contributed by atoms with Gasteiger partial charge < -0.3 is 15.3 Å². The molecule has 0 bridgehead atoms. The summed E-state index contributed by atoms with van der Waals surface area (Å²) in [5.74, 6) is 2.02. The molecule has 0 radical (unpaired) electrons. The molecule has 0 unspecified atom stereocenters. The topological polar surface area (TPSA) is 105 Å². The van der Waals surface area contributed by atoms with Gasteiger partial charge in [0.2, 0.25) is 0 Å². The minimum Gasteiger partial charge on any atom is -0.494 e. The largest absolute Gasteiger partial charge is 0.494 e. The number of fused-ring (bicyclic) bond motifs is 2. The Bertz CT molecular complexity index is 1180. The van der Waals surface area contributed by atoms with Crippen LogP contribution in [0, 0.1) is 0 Å². The molecule has 2 aliphatic rings. The number of hydrogen-bond donors (Lipinski definition) is 3. The molecule has 3 N–H and O–H groups in total. The maximum Gasteiger partial charge on any atom is 0.254 e. The van der Waals surface area contributed by atoms with E-state index in [9.17, 15) is 24.9 Å². The van der Waals surface area contributed by atoms with Crippen LogP contribution in [0.25, 0.3) is 0 Å². The monoisotopic (exact) mass is 562 g/mol. The molecule has 2 aromatic rings. The van der Waals surface area contributed by atoms with Gasteiger partial charge in [-0.3, -0.25) is 18.7 Å². The summed E-state index contributed by atoms with van der Waals surface area (Å²) in [5, 5.41) is 32.1. The van der Waals surface area contributed by atoms with Crippen molar-refractivity contribution in [2.45, 2.75) is 119 Å². The van der Waals surface area contributed by atoms with Gasteiger partial charge in [-0.2, -0.15) is 0 Å². The highest BCUT2D eigenvalue weighted by Gasteiger charge is 2.30. The van der Waals surface area contributed by atoms with E-state index in [0.29, 0.717) is 12.8 Å². The average molecular weight is 563 g/mol. The number of hydrogen-bond acceptors (Lipinski definition) is 7. The van der Waals surface area contributed by atoms with Crippen molar-refractivity contribution < 1.29 is 15.3 Å². The number of pyridine rings is 2. The molecule has 2 aliphatic heterocycles. The van der Waals surface area contributed by atoms with Crippen LogP contribution in [0.5, 0.6) is 11.8 Å². The van der Waals surface area contributed by atoms with Gasteiger partial charge >= 0.3 is 0 Å². The fraction of sp³-hybridized carbons (Fsp3) is 0.655. The second-order valence-corrected chi connectivity index (χ2v) is 14.2. The van der Waals surface area contributed by atoms with Gasteiger partial charge in [0.05, 0.1) is 6.10 Å². The Balaban J connectivity index is 1.21. The molecular weight excluding hydrogens is 520 g/mol. The van der Waals surface area contributed by atoms with Crippen LogP contribution in [-0.4, -0.2) is 42.1 Å². The first-order valence-electron chi connectivity index (χ1n) is 13.8. The van der Waals surface area contributed by atoms with E-state index < -0.39 is 11.1 Å². The summed E-state index contributed by atoms with van der Waals surface area (Å²) in [6, 6.07) is 3.31. The molecule has 0 saturated heterocycles. The molecule has 0 atom stereocenters. The van der Waals surface area contributed by atoms with Crippen LogP contribution in [0.3, 0.4) is 0 Å². The van der Waals surface area contributed by atoms with Crippen LogP contribution in [0.4, 0.5) is 0 Å². The van der Waals surface area contributed by atoms with Crippen LogP contribution in [-0.2, 0) is 23.9 Å². The lowest BCUT2D eigenvalue weighted by Gasteiger charge is -2.30. The van der Waals surface area contributed by atoms with Gasteiger partial charge in [0.15, 0.2) is 11.8 Å². The summed E-state index contributed by atoms with van der Waals surface area (Å²) in [6.07, 6.45) is 7.48. The van der Waals surface area contributed by atoms with E-state index in [0.717, 1.165) is 83.8 Å². The SMILES string of the molecule is CC(C)(CCCCC(O)CCCCC(C)(C)n1c(O)c2c(cc1=O)SCC2)n1c(O)c2c(cc1=O)SCC2. The lowest BCUT2D eigenvalue weighted by Crippen LogP contribution is -2.36. The van der Waals surface area contributed by atoms with Gasteiger partial charge in [0, 0.05) is 55.6 Å². The van der Waals surface area contributed by atoms with Crippen molar-refractivity contribution in [2.24, 2.45) is 0 Å². The van der Waals surface area contributed by atoms with Crippen LogP contribution in [0.1, 0.15) is 90.2 Å². The number of aliphatic hydroxyl groups is 1. The smallest absolute Gasteiger partial charge is 0.254 e. The third kappa shape index (κ3) is 6.15. The van der Waals surface area contributed by atoms with Gasteiger partial charge in [-0.05, 0) is 66.2 Å². The number of aromatic nitrogens is 2. The summed E-state index contributed by atoms with van der Waals surface area (Å²) in [5.41, 5.74) is 0.462. The van der Waals surface area contributed by atoms with Gasteiger partial charge in [0.25, 0.3) is 11.1 Å². The predicted octanol–water partition coefficient (Wildman–Crippen LogP) is 5.37. The minimum absolute atomic E-state index is 0.111. The summed E-state index contributed by atoms with van der Waals surface area (Å²) >= 11 is 3.25. The molecule has 4 heterocycles. The minimum atomic E-state index is -0.500. The highest BCUT2D eigenvalue weighted by atomic mass is 32.2. The standard InChI is InChI=1S/C29H42N2O5S2/c1-28(2,30-24(33)17-22-20(26(30)35)11-15-37-22)13-7-5-9-19(32)10-6-8-14-29(3,4)31-25(34)18-23-21(27(31)36)12-16-38-23/h17-19,32,35-36H,5-16H2,1-4H3. The third-order valence-electron chi connectivity index (χ3n) is 8.09. The number of thioether (sulfide) groups is 2. The fourth-order valence-electron chi connectivity index (χ4n) is 5.89. The fourth-order valence-corrected chi connectivity index (χ4v) is 8.05. The van der Waals surface area contributed by atoms with Crippen LogP contribution in [0.2, 0.25) is 0 Å². The van der Waals surface area contributed by atoms with Crippen LogP contribution in [0.15, 0.2) is 31.5 Å². The van der Waals surface area contributed by atoms with E-state index in [-0.39, 0.29) is 29.0 Å². The first kappa shape index (κ1) is 29.2. The molecular formula is C29H42N2O5S2. The zero-order chi connectivity index (χ0) is 27.7. The molecule has 7 nitrogen and oxygen atoms in total. The van der Waals surface area contributed by atoms with Crippen molar-refractivity contribution in [2.75, 3.05) is 11.5 Å². The predicted molar refractivity (Wildman–Crippen MR) is 155 cm³/mol. The highest BCUT2D eigenvalue weighted by molar-refractivity contribution is 7.99. The molecule has 0 saturated carbocycles. The Hall–Kier alpha value is -1.84. The molecule has 0 spiro atoms. The molecule has 4 rings (SSSR count). The lowest BCUT2D eigenvalue weighted by molar-refractivity contribution is 0.142. The van der Waals surface area contributed by atoms with Crippen molar-refractivity contribution in [3.63, 3.8) is 0 Å². The molecule has 0 amide bonds. The maximum absolute atomic E-state index is 12.7. The second-order valence-electron chi connectivity index (χ2n) is 11.9. The molecule has 38 heavy (non-hydrogen) atoms. The zero-order valence-electron chi connectivity index (χ0n) is 23.1. The van der Waals surface area contributed by atoms with E-state index in [2.05, 4.69) is 0 Å². The van der Waals surface area contributed by atoms with Crippen molar-refractivity contribution in [1.29, 1.82) is 0 Å². The molecule has 0 fully saturated rings. The normalized spacial score (nSPS) is 15.3. The summed E-state index contributed by atoms with van der Waals surface area (Å²) in [7, 11) is 0. The van der Waals surface area contributed by atoms with Crippen molar-refractivity contribution in [3.05, 3.63) is 44.0 Å². The molecule has 210 valence electrons. The van der Waals surface area contributed by atoms with Crippen molar-refractivity contribution in [1.82, 2.24) is 9.13 Å². The summed E-state index contributed by atoms with van der Waals surface area (Å²) in [6.45, 7) is 7.96. The van der Waals surface area contributed by atoms with Gasteiger partial charge in [-0.25, -0.2) is 0 Å². The third-order valence-corrected chi connectivity index (χ3v) is 10.3. The van der Waals surface area contributed by atoms with Gasteiger partial charge in [-0.1, -0.05) is 25.7 Å². The highest BCUT2D eigenvalue weighted by Crippen LogP contribution is 2.39. The Labute approximate surface area is 233 Å². The molecule has 9 heteroatoms. The summed E-state index contributed by atoms with van der Waals surface area (Å²) in [4.78, 5) is 27.2. The maximum atomic E-state index is 12.7. The van der Waals surface area contributed by atoms with E-state index >= 15 is 0 Å². The number of aliphatic hydroxyl groups excluding tert-OH is 1. The molecule has 2 aromatic heterocycles. The first-order chi connectivity index (χ1) is 17.9. The first-order valence-corrected chi connectivity index (χ1v) is 15.8.